The zero-order valence-electron chi connectivity index (χ0n) is 19.1. The van der Waals surface area contributed by atoms with Gasteiger partial charge in [0, 0.05) is 13.0 Å². The Morgan fingerprint density at radius 2 is 1.07 bits per heavy atom. The van der Waals surface area contributed by atoms with E-state index in [0.717, 1.165) is 31.7 Å². The standard InChI is InChI=1S/C25H51NO/c1-4-5-6-7-8-9-10-14-17-20-23-26-25(27)22-19-16-13-11-12-15-18-21-24(2)3/h24H,4-23H2,1-3H3,(H,26,27). The van der Waals surface area contributed by atoms with Gasteiger partial charge in [-0.1, -0.05) is 124 Å². The van der Waals surface area contributed by atoms with E-state index in [9.17, 15) is 4.79 Å². The fourth-order valence-electron chi connectivity index (χ4n) is 3.65. The number of rotatable bonds is 21. The molecule has 0 aliphatic rings. The minimum atomic E-state index is 0.267. The highest BCUT2D eigenvalue weighted by Gasteiger charge is 2.01. The van der Waals surface area contributed by atoms with Gasteiger partial charge in [-0.3, -0.25) is 4.79 Å². The highest BCUT2D eigenvalue weighted by atomic mass is 16.1. The molecule has 1 amide bonds. The molecule has 0 fully saturated rings. The molecule has 0 aliphatic carbocycles. The molecular formula is C25H51NO. The van der Waals surface area contributed by atoms with Crippen molar-refractivity contribution in [2.75, 3.05) is 6.54 Å². The summed E-state index contributed by atoms with van der Waals surface area (Å²) in [4.78, 5) is 11.8. The smallest absolute Gasteiger partial charge is 0.219 e. The average molecular weight is 382 g/mol. The molecule has 0 radical (unpaired) electrons. The molecule has 0 bridgehead atoms. The molecule has 0 rings (SSSR count). The molecular weight excluding hydrogens is 330 g/mol. The summed E-state index contributed by atoms with van der Waals surface area (Å²) in [6.45, 7) is 7.77. The molecule has 0 aromatic carbocycles. The summed E-state index contributed by atoms with van der Waals surface area (Å²) in [5, 5.41) is 3.10. The van der Waals surface area contributed by atoms with Gasteiger partial charge in [0.2, 0.25) is 5.91 Å². The van der Waals surface area contributed by atoms with Crippen molar-refractivity contribution in [2.24, 2.45) is 5.92 Å². The Morgan fingerprint density at radius 1 is 0.630 bits per heavy atom. The Morgan fingerprint density at radius 3 is 1.59 bits per heavy atom. The first-order chi connectivity index (χ1) is 13.2. The number of carbonyl (C=O) groups excluding carboxylic acids is 1. The Hall–Kier alpha value is -0.530. The molecule has 27 heavy (non-hydrogen) atoms. The van der Waals surface area contributed by atoms with Gasteiger partial charge in [0.15, 0.2) is 0 Å². The van der Waals surface area contributed by atoms with Crippen LogP contribution in [0.4, 0.5) is 0 Å². The second kappa shape index (κ2) is 21.8. The fraction of sp³-hybridized carbons (Fsp3) is 0.960. The maximum absolute atomic E-state index is 11.8. The van der Waals surface area contributed by atoms with Gasteiger partial charge in [-0.25, -0.2) is 0 Å². The lowest BCUT2D eigenvalue weighted by atomic mass is 10.0. The second-order valence-electron chi connectivity index (χ2n) is 8.94. The first-order valence-electron chi connectivity index (χ1n) is 12.4. The Balaban J connectivity index is 3.15. The predicted molar refractivity (Wildman–Crippen MR) is 121 cm³/mol. The molecule has 0 aromatic heterocycles. The first kappa shape index (κ1) is 26.5. The Kier molecular flexibility index (Phi) is 21.3. The van der Waals surface area contributed by atoms with Crippen LogP contribution in [0.1, 0.15) is 143 Å². The summed E-state index contributed by atoms with van der Waals surface area (Å²) in [5.74, 6) is 1.12. The largest absolute Gasteiger partial charge is 0.356 e. The zero-order valence-corrected chi connectivity index (χ0v) is 19.1. The quantitative estimate of drug-likeness (QED) is 0.199. The number of hydrogen-bond donors (Lipinski definition) is 1. The third-order valence-corrected chi connectivity index (χ3v) is 5.54. The van der Waals surface area contributed by atoms with E-state index in [0.29, 0.717) is 0 Å². The van der Waals surface area contributed by atoms with E-state index in [1.54, 1.807) is 0 Å². The summed E-state index contributed by atoms with van der Waals surface area (Å²) in [5.41, 5.74) is 0. The van der Waals surface area contributed by atoms with Crippen LogP contribution in [0.3, 0.4) is 0 Å². The lowest BCUT2D eigenvalue weighted by Crippen LogP contribution is -2.23. The van der Waals surface area contributed by atoms with E-state index in [-0.39, 0.29) is 5.91 Å². The normalized spacial score (nSPS) is 11.3. The molecule has 0 saturated heterocycles. The SMILES string of the molecule is CCCCCCCCCCCCNC(=O)CCCCCCCCCC(C)C. The second-order valence-corrected chi connectivity index (χ2v) is 8.94. The number of hydrogen-bond acceptors (Lipinski definition) is 1. The van der Waals surface area contributed by atoms with Crippen LogP contribution >= 0.6 is 0 Å². The summed E-state index contributed by atoms with van der Waals surface area (Å²) < 4.78 is 0. The Bertz CT molecular complexity index is 301. The summed E-state index contributed by atoms with van der Waals surface area (Å²) in [7, 11) is 0. The van der Waals surface area contributed by atoms with Crippen LogP contribution in [0, 0.1) is 5.92 Å². The minimum Gasteiger partial charge on any atom is -0.356 e. The third kappa shape index (κ3) is 23.4. The van der Waals surface area contributed by atoms with Crippen LogP contribution in [0.15, 0.2) is 0 Å². The van der Waals surface area contributed by atoms with E-state index in [1.807, 2.05) is 0 Å². The van der Waals surface area contributed by atoms with E-state index in [4.69, 9.17) is 0 Å². The van der Waals surface area contributed by atoms with Crippen molar-refractivity contribution in [3.8, 4) is 0 Å². The monoisotopic (exact) mass is 381 g/mol. The maximum Gasteiger partial charge on any atom is 0.219 e. The Labute approximate surface area is 171 Å². The van der Waals surface area contributed by atoms with Crippen LogP contribution < -0.4 is 5.32 Å². The van der Waals surface area contributed by atoms with Gasteiger partial charge in [0.25, 0.3) is 0 Å². The van der Waals surface area contributed by atoms with Crippen molar-refractivity contribution in [3.05, 3.63) is 0 Å². The van der Waals surface area contributed by atoms with E-state index in [1.165, 1.54) is 103 Å². The van der Waals surface area contributed by atoms with Crippen molar-refractivity contribution in [2.45, 2.75) is 143 Å². The highest BCUT2D eigenvalue weighted by Crippen LogP contribution is 2.13. The van der Waals surface area contributed by atoms with Crippen LogP contribution in [-0.2, 0) is 4.79 Å². The molecule has 1 N–H and O–H groups in total. The molecule has 0 spiro atoms. The van der Waals surface area contributed by atoms with Crippen LogP contribution in [-0.4, -0.2) is 12.5 Å². The van der Waals surface area contributed by atoms with Gasteiger partial charge in [0.05, 0.1) is 0 Å². The molecule has 0 aromatic rings. The molecule has 0 aliphatic heterocycles. The molecule has 2 heteroatoms. The van der Waals surface area contributed by atoms with Gasteiger partial charge in [-0.15, -0.1) is 0 Å². The molecule has 0 saturated carbocycles. The van der Waals surface area contributed by atoms with Crippen molar-refractivity contribution >= 4 is 5.91 Å². The summed E-state index contributed by atoms with van der Waals surface area (Å²) >= 11 is 0. The molecule has 162 valence electrons. The maximum atomic E-state index is 11.8. The number of unbranched alkanes of at least 4 members (excludes halogenated alkanes) is 15. The number of amides is 1. The van der Waals surface area contributed by atoms with E-state index >= 15 is 0 Å². The van der Waals surface area contributed by atoms with E-state index < -0.39 is 0 Å². The van der Waals surface area contributed by atoms with Crippen LogP contribution in [0.5, 0.6) is 0 Å². The number of carbonyl (C=O) groups is 1. The lowest BCUT2D eigenvalue weighted by Gasteiger charge is -2.06. The van der Waals surface area contributed by atoms with Crippen LogP contribution in [0.25, 0.3) is 0 Å². The van der Waals surface area contributed by atoms with Gasteiger partial charge >= 0.3 is 0 Å². The summed E-state index contributed by atoms with van der Waals surface area (Å²) in [6.07, 6.45) is 24.7. The summed E-state index contributed by atoms with van der Waals surface area (Å²) in [6, 6.07) is 0. The molecule has 0 heterocycles. The third-order valence-electron chi connectivity index (χ3n) is 5.54. The van der Waals surface area contributed by atoms with Crippen molar-refractivity contribution < 1.29 is 4.79 Å². The minimum absolute atomic E-state index is 0.267. The predicted octanol–water partition coefficient (Wildman–Crippen LogP) is 8.19. The van der Waals surface area contributed by atoms with Crippen LogP contribution in [0.2, 0.25) is 0 Å². The lowest BCUT2D eigenvalue weighted by molar-refractivity contribution is -0.121. The molecule has 0 atom stereocenters. The topological polar surface area (TPSA) is 29.1 Å². The molecule has 0 unspecified atom stereocenters. The first-order valence-corrected chi connectivity index (χ1v) is 12.4. The van der Waals surface area contributed by atoms with Crippen molar-refractivity contribution in [1.29, 1.82) is 0 Å². The number of nitrogens with one attached hydrogen (secondary N) is 1. The van der Waals surface area contributed by atoms with Gasteiger partial charge in [0.1, 0.15) is 0 Å². The highest BCUT2D eigenvalue weighted by molar-refractivity contribution is 5.75. The van der Waals surface area contributed by atoms with E-state index in [2.05, 4.69) is 26.1 Å². The average Bonchev–Trinajstić information content (AvgIpc) is 2.64. The van der Waals surface area contributed by atoms with Gasteiger partial charge < -0.3 is 5.32 Å². The van der Waals surface area contributed by atoms with Crippen molar-refractivity contribution in [3.63, 3.8) is 0 Å². The zero-order chi connectivity index (χ0) is 20.0. The van der Waals surface area contributed by atoms with Gasteiger partial charge in [-0.05, 0) is 18.8 Å². The van der Waals surface area contributed by atoms with Crippen molar-refractivity contribution in [1.82, 2.24) is 5.32 Å². The molecule has 2 nitrogen and oxygen atoms in total. The fourth-order valence-corrected chi connectivity index (χ4v) is 3.65. The van der Waals surface area contributed by atoms with Gasteiger partial charge in [-0.2, -0.15) is 0 Å².